The van der Waals surface area contributed by atoms with Crippen LogP contribution in [0, 0.1) is 0 Å². The molecule has 0 saturated carbocycles. The number of benzene rings is 2. The van der Waals surface area contributed by atoms with Crippen molar-refractivity contribution >= 4 is 17.5 Å². The van der Waals surface area contributed by atoms with Crippen molar-refractivity contribution in [2.75, 3.05) is 25.0 Å². The second-order valence-electron chi connectivity index (χ2n) is 8.88. The van der Waals surface area contributed by atoms with E-state index in [-0.39, 0.29) is 17.9 Å². The number of aliphatic hydroxyl groups is 1. The number of β-amino-alcohol motifs (C(OH)–C–C–N with tert-alkyl or cyclic N) is 1. The van der Waals surface area contributed by atoms with E-state index in [4.69, 9.17) is 4.74 Å². The van der Waals surface area contributed by atoms with Crippen LogP contribution in [0.3, 0.4) is 0 Å². The molecule has 3 atom stereocenters. The Hall–Kier alpha value is -2.90. The molecule has 3 aliphatic heterocycles. The topological polar surface area (TPSA) is 82.1 Å². The molecule has 2 N–H and O–H groups in total. The van der Waals surface area contributed by atoms with Crippen LogP contribution in [0.15, 0.2) is 42.5 Å². The highest BCUT2D eigenvalue weighted by atomic mass is 16.5. The molecule has 0 radical (unpaired) electrons. The highest BCUT2D eigenvalue weighted by molar-refractivity contribution is 6.01. The van der Waals surface area contributed by atoms with E-state index in [1.165, 1.54) is 11.1 Å². The molecule has 2 aromatic carbocycles. The molecule has 2 aromatic rings. The highest BCUT2D eigenvalue weighted by Crippen LogP contribution is 2.32. The molecule has 3 heterocycles. The predicted octanol–water partition coefficient (Wildman–Crippen LogP) is 2.43. The van der Waals surface area contributed by atoms with Crippen LogP contribution in [-0.2, 0) is 17.8 Å². The van der Waals surface area contributed by atoms with E-state index in [1.807, 2.05) is 6.92 Å². The third-order valence-electron chi connectivity index (χ3n) is 6.88. The van der Waals surface area contributed by atoms with Crippen molar-refractivity contribution in [3.05, 3.63) is 59.2 Å². The molecule has 0 bridgehead atoms. The molecule has 7 heteroatoms. The zero-order valence-electron chi connectivity index (χ0n) is 18.3. The lowest BCUT2D eigenvalue weighted by Crippen LogP contribution is -2.56. The predicted molar refractivity (Wildman–Crippen MR) is 121 cm³/mol. The van der Waals surface area contributed by atoms with Gasteiger partial charge >= 0.3 is 0 Å². The summed E-state index contributed by atoms with van der Waals surface area (Å²) in [6.45, 7) is 4.56. The first-order chi connectivity index (χ1) is 15.5. The number of fused-ring (bicyclic) bond motifs is 2. The second kappa shape index (κ2) is 8.56. The van der Waals surface area contributed by atoms with Gasteiger partial charge in [0.25, 0.3) is 11.8 Å². The summed E-state index contributed by atoms with van der Waals surface area (Å²) in [5.74, 6) is 0.252. The first-order valence-electron chi connectivity index (χ1n) is 11.4. The van der Waals surface area contributed by atoms with Gasteiger partial charge in [0.1, 0.15) is 5.75 Å². The molecule has 168 valence electrons. The average Bonchev–Trinajstić information content (AvgIpc) is 2.82. The number of rotatable bonds is 3. The lowest BCUT2D eigenvalue weighted by atomic mass is 9.94. The van der Waals surface area contributed by atoms with Crippen LogP contribution in [0.5, 0.6) is 5.75 Å². The van der Waals surface area contributed by atoms with Crippen LogP contribution in [0.25, 0.3) is 0 Å². The van der Waals surface area contributed by atoms with Gasteiger partial charge in [-0.1, -0.05) is 31.2 Å². The fourth-order valence-electron chi connectivity index (χ4n) is 5.07. The van der Waals surface area contributed by atoms with E-state index in [9.17, 15) is 14.7 Å². The van der Waals surface area contributed by atoms with E-state index < -0.39 is 12.2 Å². The molecule has 3 aliphatic rings. The molecule has 7 nitrogen and oxygen atoms in total. The summed E-state index contributed by atoms with van der Waals surface area (Å²) in [4.78, 5) is 29.3. The van der Waals surface area contributed by atoms with Crippen LogP contribution in [0.2, 0.25) is 0 Å². The number of piperidine rings is 1. The first kappa shape index (κ1) is 21.0. The molecule has 32 heavy (non-hydrogen) atoms. The van der Waals surface area contributed by atoms with Crippen molar-refractivity contribution in [1.82, 2.24) is 9.80 Å². The lowest BCUT2D eigenvalue weighted by molar-refractivity contribution is -0.123. The van der Waals surface area contributed by atoms with E-state index in [2.05, 4.69) is 34.5 Å². The van der Waals surface area contributed by atoms with Gasteiger partial charge in [-0.15, -0.1) is 0 Å². The summed E-state index contributed by atoms with van der Waals surface area (Å²) < 4.78 is 5.71. The number of anilines is 1. The normalized spacial score (nSPS) is 25.4. The number of ether oxygens (including phenoxy) is 1. The quantitative estimate of drug-likeness (QED) is 0.774. The maximum atomic E-state index is 13.1. The number of hydrogen-bond donors (Lipinski definition) is 2. The van der Waals surface area contributed by atoms with Crippen molar-refractivity contribution in [3.63, 3.8) is 0 Å². The van der Waals surface area contributed by atoms with Gasteiger partial charge in [-0.3, -0.25) is 14.5 Å². The van der Waals surface area contributed by atoms with E-state index >= 15 is 0 Å². The number of amides is 2. The number of carbonyl (C=O) groups is 2. The molecule has 0 aliphatic carbocycles. The van der Waals surface area contributed by atoms with Gasteiger partial charge in [0.15, 0.2) is 6.10 Å². The summed E-state index contributed by atoms with van der Waals surface area (Å²) in [7, 11) is 0. The van der Waals surface area contributed by atoms with E-state index in [1.54, 1.807) is 23.1 Å². The Morgan fingerprint density at radius 2 is 2.00 bits per heavy atom. The zero-order chi connectivity index (χ0) is 22.2. The molecular formula is C25H29N3O4. The van der Waals surface area contributed by atoms with Crippen molar-refractivity contribution < 1.29 is 19.4 Å². The zero-order valence-corrected chi connectivity index (χ0v) is 18.3. The standard InChI is InChI=1S/C25H29N3O4/c1-2-22-24(30)26-19-13-17(7-8-23(19)32-22)25(31)28-12-10-20(21(29)15-28)27-11-9-16-5-3-4-6-18(16)14-27/h3-8,13,20-22,29H,2,9-12,14-15H2,1H3,(H,26,30)/t20-,21-,22?/m0/s1. The van der Waals surface area contributed by atoms with Crippen LogP contribution >= 0.6 is 0 Å². The largest absolute Gasteiger partial charge is 0.478 e. The summed E-state index contributed by atoms with van der Waals surface area (Å²) in [6.07, 6.45) is 1.22. The van der Waals surface area contributed by atoms with E-state index in [0.29, 0.717) is 36.5 Å². The molecule has 1 fully saturated rings. The van der Waals surface area contributed by atoms with Crippen LogP contribution in [0.1, 0.15) is 41.3 Å². The number of hydrogen-bond acceptors (Lipinski definition) is 5. The number of carbonyl (C=O) groups excluding carboxylic acids is 2. The molecule has 0 spiro atoms. The molecular weight excluding hydrogens is 406 g/mol. The first-order valence-corrected chi connectivity index (χ1v) is 11.4. The minimum atomic E-state index is -0.594. The SMILES string of the molecule is CCC1Oc2ccc(C(=O)N3CC[C@H](N4CCc5ccccc5C4)[C@@H](O)C3)cc2NC1=O. The van der Waals surface area contributed by atoms with Gasteiger partial charge in [-0.2, -0.15) is 0 Å². The van der Waals surface area contributed by atoms with Gasteiger partial charge in [-0.05, 0) is 48.6 Å². The summed E-state index contributed by atoms with van der Waals surface area (Å²) in [5.41, 5.74) is 3.72. The Kier molecular flexibility index (Phi) is 5.61. The van der Waals surface area contributed by atoms with Crippen molar-refractivity contribution in [1.29, 1.82) is 0 Å². The molecule has 1 saturated heterocycles. The molecule has 0 aromatic heterocycles. The summed E-state index contributed by atoms with van der Waals surface area (Å²) >= 11 is 0. The minimum absolute atomic E-state index is 0.0506. The van der Waals surface area contributed by atoms with Gasteiger partial charge < -0.3 is 20.1 Å². The minimum Gasteiger partial charge on any atom is -0.478 e. The lowest BCUT2D eigenvalue weighted by Gasteiger charge is -2.43. The van der Waals surface area contributed by atoms with Crippen LogP contribution in [0.4, 0.5) is 5.69 Å². The van der Waals surface area contributed by atoms with E-state index in [0.717, 1.165) is 25.9 Å². The average molecular weight is 436 g/mol. The third-order valence-corrected chi connectivity index (χ3v) is 6.88. The maximum Gasteiger partial charge on any atom is 0.265 e. The fraction of sp³-hybridized carbons (Fsp3) is 0.440. The Morgan fingerprint density at radius 3 is 2.78 bits per heavy atom. The van der Waals surface area contributed by atoms with Gasteiger partial charge in [0, 0.05) is 37.8 Å². The van der Waals surface area contributed by atoms with Crippen LogP contribution < -0.4 is 10.1 Å². The Balaban J connectivity index is 1.25. The second-order valence-corrected chi connectivity index (χ2v) is 8.88. The Bertz CT molecular complexity index is 1040. The van der Waals surface area contributed by atoms with Gasteiger partial charge in [0.05, 0.1) is 11.8 Å². The number of nitrogens with one attached hydrogen (secondary N) is 1. The number of nitrogens with zero attached hydrogens (tertiary/aromatic N) is 2. The summed E-state index contributed by atoms with van der Waals surface area (Å²) in [5, 5.41) is 13.7. The van der Waals surface area contributed by atoms with Gasteiger partial charge in [-0.25, -0.2) is 0 Å². The molecule has 1 unspecified atom stereocenters. The smallest absolute Gasteiger partial charge is 0.265 e. The Labute approximate surface area is 188 Å². The number of likely N-dealkylation sites (tertiary alicyclic amines) is 1. The highest BCUT2D eigenvalue weighted by Gasteiger charge is 2.36. The van der Waals surface area contributed by atoms with Crippen molar-refractivity contribution in [3.8, 4) is 5.75 Å². The molecule has 5 rings (SSSR count). The monoisotopic (exact) mass is 435 g/mol. The van der Waals surface area contributed by atoms with Crippen molar-refractivity contribution in [2.24, 2.45) is 0 Å². The Morgan fingerprint density at radius 1 is 1.19 bits per heavy atom. The fourth-order valence-corrected chi connectivity index (χ4v) is 5.07. The molecule has 2 amide bonds. The third kappa shape index (κ3) is 3.87. The van der Waals surface area contributed by atoms with Gasteiger partial charge in [0.2, 0.25) is 0 Å². The maximum absolute atomic E-state index is 13.1. The van der Waals surface area contributed by atoms with Crippen LogP contribution in [-0.4, -0.2) is 64.6 Å². The van der Waals surface area contributed by atoms with Crippen molar-refractivity contribution in [2.45, 2.75) is 51.0 Å². The summed E-state index contributed by atoms with van der Waals surface area (Å²) in [6, 6.07) is 13.7. The number of aliphatic hydroxyl groups excluding tert-OH is 1.